The number of hydrogen-bond acceptors (Lipinski definition) is 5. The first-order valence-corrected chi connectivity index (χ1v) is 13.7. The second-order valence-electron chi connectivity index (χ2n) is 11.1. The molecule has 1 aliphatic rings. The van der Waals surface area contributed by atoms with Gasteiger partial charge in [-0.3, -0.25) is 9.47 Å². The normalized spacial score (nSPS) is 14.7. The van der Waals surface area contributed by atoms with Gasteiger partial charge in [0.2, 0.25) is 0 Å². The molecule has 5 rings (SSSR count). The predicted molar refractivity (Wildman–Crippen MR) is 160 cm³/mol. The largest absolute Gasteiger partial charge is 0.505 e. The fourth-order valence-electron chi connectivity index (χ4n) is 5.13. The molecule has 0 bridgehead atoms. The summed E-state index contributed by atoms with van der Waals surface area (Å²) in [6.45, 7) is 12.3. The first kappa shape index (κ1) is 27.3. The van der Waals surface area contributed by atoms with Gasteiger partial charge in [0.05, 0.1) is 10.7 Å². The molecule has 7 nitrogen and oxygen atoms in total. The van der Waals surface area contributed by atoms with Crippen LogP contribution in [0.25, 0.3) is 28.1 Å². The van der Waals surface area contributed by atoms with Crippen molar-refractivity contribution in [1.82, 2.24) is 19.0 Å². The van der Waals surface area contributed by atoms with Gasteiger partial charge in [-0.05, 0) is 69.7 Å². The van der Waals surface area contributed by atoms with Crippen molar-refractivity contribution < 1.29 is 5.11 Å². The molecule has 0 atom stereocenters. The first-order chi connectivity index (χ1) is 18.4. The van der Waals surface area contributed by atoms with Crippen LogP contribution >= 0.6 is 23.2 Å². The Bertz CT molecular complexity index is 1590. The summed E-state index contributed by atoms with van der Waals surface area (Å²) in [6.07, 6.45) is 3.36. The Morgan fingerprint density at radius 2 is 1.64 bits per heavy atom. The molecule has 1 N–H and O–H groups in total. The van der Waals surface area contributed by atoms with Gasteiger partial charge in [-0.15, -0.1) is 0 Å². The molecule has 0 saturated carbocycles. The lowest BCUT2D eigenvalue weighted by Crippen LogP contribution is -2.53. The van der Waals surface area contributed by atoms with Gasteiger partial charge in [0, 0.05) is 78.7 Å². The van der Waals surface area contributed by atoms with Gasteiger partial charge >= 0.3 is 5.69 Å². The fourth-order valence-corrected chi connectivity index (χ4v) is 5.63. The zero-order valence-electron chi connectivity index (χ0n) is 22.9. The van der Waals surface area contributed by atoms with Gasteiger partial charge in [0.1, 0.15) is 11.4 Å². The molecule has 0 amide bonds. The Morgan fingerprint density at radius 1 is 0.923 bits per heavy atom. The SMILES string of the molecule is Cc1cc(-c2ccc(-n3ccn(C)c3=O)c(Cl)c2)c(O)c(-c2cc(Cl)cc(N3CCN(C(C)(C)C)CC3)c2)n1. The van der Waals surface area contributed by atoms with E-state index in [2.05, 4.69) is 35.6 Å². The van der Waals surface area contributed by atoms with Crippen molar-refractivity contribution in [3.63, 3.8) is 0 Å². The second kappa shape index (κ2) is 10.4. The van der Waals surface area contributed by atoms with Crippen LogP contribution < -0.4 is 10.6 Å². The third kappa shape index (κ3) is 5.44. The Labute approximate surface area is 238 Å². The van der Waals surface area contributed by atoms with E-state index in [0.29, 0.717) is 27.0 Å². The lowest BCUT2D eigenvalue weighted by molar-refractivity contribution is 0.128. The molecule has 1 fully saturated rings. The Balaban J connectivity index is 1.50. The van der Waals surface area contributed by atoms with Crippen molar-refractivity contribution in [3.8, 4) is 33.8 Å². The minimum atomic E-state index is -0.189. The maximum atomic E-state index is 12.4. The van der Waals surface area contributed by atoms with Crippen molar-refractivity contribution in [2.45, 2.75) is 33.2 Å². The highest BCUT2D eigenvalue weighted by atomic mass is 35.5. The number of aromatic hydroxyl groups is 1. The number of pyridine rings is 1. The number of hydrogen-bond donors (Lipinski definition) is 1. The molecule has 1 saturated heterocycles. The minimum absolute atomic E-state index is 0.0482. The van der Waals surface area contributed by atoms with Gasteiger partial charge in [0.25, 0.3) is 0 Å². The second-order valence-corrected chi connectivity index (χ2v) is 11.9. The molecule has 2 aromatic carbocycles. The molecule has 0 radical (unpaired) electrons. The van der Waals surface area contributed by atoms with Gasteiger partial charge in [-0.25, -0.2) is 9.78 Å². The van der Waals surface area contributed by atoms with E-state index < -0.39 is 0 Å². The molecule has 0 unspecified atom stereocenters. The minimum Gasteiger partial charge on any atom is -0.505 e. The molecular weight excluding hydrogens is 533 g/mol. The molecule has 2 aromatic heterocycles. The van der Waals surface area contributed by atoms with Crippen LogP contribution in [-0.2, 0) is 7.05 Å². The lowest BCUT2D eigenvalue weighted by atomic mass is 9.99. The average molecular weight is 567 g/mol. The van der Waals surface area contributed by atoms with E-state index in [9.17, 15) is 9.90 Å². The highest BCUT2D eigenvalue weighted by molar-refractivity contribution is 6.32. The number of aromatic nitrogens is 3. The molecule has 9 heteroatoms. The molecule has 204 valence electrons. The number of anilines is 1. The van der Waals surface area contributed by atoms with E-state index in [4.69, 9.17) is 23.2 Å². The molecule has 0 aliphatic carbocycles. The van der Waals surface area contributed by atoms with Crippen LogP contribution in [-0.4, -0.2) is 55.8 Å². The van der Waals surface area contributed by atoms with Crippen LogP contribution in [0.5, 0.6) is 5.75 Å². The van der Waals surface area contributed by atoms with Gasteiger partial charge < -0.3 is 14.6 Å². The van der Waals surface area contributed by atoms with Crippen molar-refractivity contribution in [2.24, 2.45) is 7.05 Å². The molecule has 1 aliphatic heterocycles. The molecule has 39 heavy (non-hydrogen) atoms. The summed E-state index contributed by atoms with van der Waals surface area (Å²) >= 11 is 13.2. The van der Waals surface area contributed by atoms with Crippen molar-refractivity contribution in [1.29, 1.82) is 0 Å². The van der Waals surface area contributed by atoms with Crippen LogP contribution in [0.15, 0.2) is 59.7 Å². The Morgan fingerprint density at radius 3 is 2.26 bits per heavy atom. The van der Waals surface area contributed by atoms with E-state index in [0.717, 1.165) is 48.7 Å². The van der Waals surface area contributed by atoms with E-state index in [1.807, 2.05) is 37.3 Å². The summed E-state index contributed by atoms with van der Waals surface area (Å²) in [6, 6.07) is 13.1. The number of piperazine rings is 1. The van der Waals surface area contributed by atoms with E-state index >= 15 is 0 Å². The molecule has 0 spiro atoms. The van der Waals surface area contributed by atoms with Crippen molar-refractivity contribution >= 4 is 28.9 Å². The summed E-state index contributed by atoms with van der Waals surface area (Å²) in [7, 11) is 1.69. The summed E-state index contributed by atoms with van der Waals surface area (Å²) in [5.74, 6) is 0.0482. The number of nitrogens with zero attached hydrogens (tertiary/aromatic N) is 5. The third-order valence-electron chi connectivity index (χ3n) is 7.34. The Kier molecular flexibility index (Phi) is 7.27. The van der Waals surface area contributed by atoms with Gasteiger partial charge in [0.15, 0.2) is 0 Å². The molecule has 3 heterocycles. The highest BCUT2D eigenvalue weighted by Crippen LogP contribution is 2.40. The van der Waals surface area contributed by atoms with E-state index in [1.165, 1.54) is 9.13 Å². The van der Waals surface area contributed by atoms with E-state index in [1.54, 1.807) is 31.6 Å². The molecular formula is C30H33Cl2N5O2. The zero-order chi connectivity index (χ0) is 28.1. The van der Waals surface area contributed by atoms with Crippen molar-refractivity contribution in [2.75, 3.05) is 31.1 Å². The summed E-state index contributed by atoms with van der Waals surface area (Å²) in [5, 5.41) is 12.4. The number of benzene rings is 2. The predicted octanol–water partition coefficient (Wildman–Crippen LogP) is 6.15. The Hall–Kier alpha value is -3.26. The highest BCUT2D eigenvalue weighted by Gasteiger charge is 2.26. The third-order valence-corrected chi connectivity index (χ3v) is 7.86. The number of imidazole rings is 1. The van der Waals surface area contributed by atoms with Crippen LogP contribution in [0, 0.1) is 6.92 Å². The molecule has 4 aromatic rings. The zero-order valence-corrected chi connectivity index (χ0v) is 24.4. The average Bonchev–Trinajstić information content (AvgIpc) is 3.22. The van der Waals surface area contributed by atoms with Crippen LogP contribution in [0.1, 0.15) is 26.5 Å². The summed E-state index contributed by atoms with van der Waals surface area (Å²) in [4.78, 5) is 21.9. The number of aryl methyl sites for hydroxylation is 2. The number of rotatable bonds is 4. The smallest absolute Gasteiger partial charge is 0.332 e. The van der Waals surface area contributed by atoms with Gasteiger partial charge in [-0.2, -0.15) is 0 Å². The maximum Gasteiger partial charge on any atom is 0.332 e. The van der Waals surface area contributed by atoms with Crippen molar-refractivity contribution in [3.05, 3.63) is 81.1 Å². The summed E-state index contributed by atoms with van der Waals surface area (Å²) < 4.78 is 2.97. The van der Waals surface area contributed by atoms with Crippen LogP contribution in [0.2, 0.25) is 10.0 Å². The van der Waals surface area contributed by atoms with Crippen LogP contribution in [0.3, 0.4) is 0 Å². The monoisotopic (exact) mass is 565 g/mol. The maximum absolute atomic E-state index is 12.4. The first-order valence-electron chi connectivity index (χ1n) is 13.0. The summed E-state index contributed by atoms with van der Waals surface area (Å²) in [5.41, 5.74) is 4.81. The quantitative estimate of drug-likeness (QED) is 0.321. The van der Waals surface area contributed by atoms with Crippen LogP contribution in [0.4, 0.5) is 5.69 Å². The topological polar surface area (TPSA) is 66.5 Å². The standard InChI is InChI=1S/C30H33Cl2N5O2/c1-19-14-24(20-6-7-26(25(32)17-20)37-13-8-34(5)29(37)39)28(38)27(33-19)21-15-22(31)18-23(16-21)35-9-11-36(12-10-35)30(2,3)4/h6-8,13-18,38H,9-12H2,1-5H3. The van der Waals surface area contributed by atoms with E-state index in [-0.39, 0.29) is 17.0 Å². The fraction of sp³-hybridized carbons (Fsp3) is 0.333. The lowest BCUT2D eigenvalue weighted by Gasteiger charge is -2.43. The van der Waals surface area contributed by atoms with Gasteiger partial charge in [-0.1, -0.05) is 29.3 Å². The number of halogens is 2.